The van der Waals surface area contributed by atoms with Gasteiger partial charge in [0.1, 0.15) is 0 Å². The van der Waals surface area contributed by atoms with Gasteiger partial charge in [0.15, 0.2) is 0 Å². The van der Waals surface area contributed by atoms with Gasteiger partial charge in [-0.15, -0.1) is 0 Å². The van der Waals surface area contributed by atoms with E-state index in [1.54, 1.807) is 4.90 Å². The van der Waals surface area contributed by atoms with Gasteiger partial charge in [0.25, 0.3) is 0 Å². The van der Waals surface area contributed by atoms with E-state index < -0.39 is 0 Å². The molecular formula is C12H14BrNO3. The first kappa shape index (κ1) is 12.4. The Bertz CT molecular complexity index is 393. The number of amides is 1. The molecule has 0 aromatic heterocycles. The maximum absolute atomic E-state index is 11.7. The lowest BCUT2D eigenvalue weighted by atomic mass is 10.1. The van der Waals surface area contributed by atoms with E-state index in [9.17, 15) is 4.79 Å². The van der Waals surface area contributed by atoms with E-state index in [1.807, 2.05) is 24.3 Å². The van der Waals surface area contributed by atoms with Crippen LogP contribution in [0.25, 0.3) is 0 Å². The van der Waals surface area contributed by atoms with E-state index in [-0.39, 0.29) is 18.6 Å². The molecule has 1 atom stereocenters. The van der Waals surface area contributed by atoms with Crippen molar-refractivity contribution in [1.29, 1.82) is 0 Å². The number of nitrogens with zero attached hydrogens (tertiary/aromatic N) is 1. The Morgan fingerprint density at radius 1 is 1.41 bits per heavy atom. The molecule has 5 heteroatoms. The summed E-state index contributed by atoms with van der Waals surface area (Å²) in [5.74, 6) is 0.196. The zero-order valence-electron chi connectivity index (χ0n) is 9.30. The predicted octanol–water partition coefficient (Wildman–Crippen LogP) is 2.40. The molecular weight excluding hydrogens is 286 g/mol. The maximum atomic E-state index is 11.7. The fourth-order valence-corrected chi connectivity index (χ4v) is 2.11. The number of carbonyl (C=O) groups is 1. The van der Waals surface area contributed by atoms with Crippen molar-refractivity contribution in [2.75, 3.05) is 24.7 Å². The number of halogens is 1. The summed E-state index contributed by atoms with van der Waals surface area (Å²) in [4.78, 5) is 13.3. The average Bonchev–Trinajstić information content (AvgIpc) is 2.33. The third-order valence-electron chi connectivity index (χ3n) is 2.78. The number of hydrogen-bond donors (Lipinski definition) is 1. The molecule has 1 fully saturated rings. The minimum absolute atomic E-state index is 0.121. The Kier molecular flexibility index (Phi) is 4.02. The van der Waals surface area contributed by atoms with Crippen LogP contribution in [-0.2, 0) is 4.74 Å². The second kappa shape index (κ2) is 5.51. The third-order valence-corrected chi connectivity index (χ3v) is 3.31. The van der Waals surface area contributed by atoms with Crippen molar-refractivity contribution in [2.24, 2.45) is 5.92 Å². The van der Waals surface area contributed by atoms with Crippen molar-refractivity contribution in [1.82, 2.24) is 0 Å². The smallest absolute Gasteiger partial charge is 0.414 e. The normalized spacial score (nSPS) is 20.2. The van der Waals surface area contributed by atoms with Gasteiger partial charge in [-0.05, 0) is 30.7 Å². The number of ether oxygens (including phenoxy) is 1. The number of aliphatic hydroxyl groups is 1. The lowest BCUT2D eigenvalue weighted by molar-refractivity contribution is 0.104. The molecule has 1 aliphatic rings. The van der Waals surface area contributed by atoms with Crippen LogP contribution < -0.4 is 4.90 Å². The van der Waals surface area contributed by atoms with Crippen molar-refractivity contribution in [2.45, 2.75) is 6.42 Å². The van der Waals surface area contributed by atoms with Gasteiger partial charge in [-0.3, -0.25) is 4.90 Å². The molecule has 1 unspecified atom stereocenters. The van der Waals surface area contributed by atoms with Crippen LogP contribution in [0.4, 0.5) is 10.5 Å². The molecule has 0 aliphatic carbocycles. The molecule has 1 heterocycles. The summed E-state index contributed by atoms with van der Waals surface area (Å²) in [6.45, 7) is 1.11. The number of carbonyl (C=O) groups excluding carboxylic acids is 1. The van der Waals surface area contributed by atoms with Crippen molar-refractivity contribution < 1.29 is 14.6 Å². The van der Waals surface area contributed by atoms with Gasteiger partial charge in [-0.1, -0.05) is 15.9 Å². The third kappa shape index (κ3) is 2.98. The molecule has 17 heavy (non-hydrogen) atoms. The second-order valence-corrected chi connectivity index (χ2v) is 4.96. The first-order valence-corrected chi connectivity index (χ1v) is 6.30. The van der Waals surface area contributed by atoms with E-state index in [0.717, 1.165) is 10.2 Å². The fourth-order valence-electron chi connectivity index (χ4n) is 1.84. The van der Waals surface area contributed by atoms with Crippen LogP contribution in [0, 0.1) is 5.92 Å². The molecule has 1 amide bonds. The van der Waals surface area contributed by atoms with Crippen LogP contribution in [0.2, 0.25) is 0 Å². The lowest BCUT2D eigenvalue weighted by Crippen LogP contribution is -2.43. The van der Waals surface area contributed by atoms with Crippen LogP contribution >= 0.6 is 15.9 Å². The molecule has 0 bridgehead atoms. The Morgan fingerprint density at radius 2 is 2.12 bits per heavy atom. The monoisotopic (exact) mass is 299 g/mol. The van der Waals surface area contributed by atoms with Gasteiger partial charge in [0.2, 0.25) is 0 Å². The SMILES string of the molecule is O=C1OCC(CCO)CN1c1ccc(Br)cc1. The lowest BCUT2D eigenvalue weighted by Gasteiger charge is -2.31. The minimum Gasteiger partial charge on any atom is -0.449 e. The maximum Gasteiger partial charge on any atom is 0.414 e. The number of cyclic esters (lactones) is 1. The Morgan fingerprint density at radius 3 is 2.76 bits per heavy atom. The van der Waals surface area contributed by atoms with Gasteiger partial charge in [-0.25, -0.2) is 4.79 Å². The van der Waals surface area contributed by atoms with Crippen LogP contribution in [0.1, 0.15) is 6.42 Å². The first-order chi connectivity index (χ1) is 8.20. The molecule has 1 N–H and O–H groups in total. The van der Waals surface area contributed by atoms with Crippen LogP contribution in [0.5, 0.6) is 0 Å². The second-order valence-electron chi connectivity index (χ2n) is 4.04. The molecule has 1 aromatic rings. The number of hydrogen-bond acceptors (Lipinski definition) is 3. The summed E-state index contributed by atoms with van der Waals surface area (Å²) >= 11 is 3.35. The molecule has 0 saturated carbocycles. The van der Waals surface area contributed by atoms with E-state index in [0.29, 0.717) is 19.6 Å². The highest BCUT2D eigenvalue weighted by Crippen LogP contribution is 2.23. The van der Waals surface area contributed by atoms with Gasteiger partial charge in [0.05, 0.1) is 6.61 Å². The van der Waals surface area contributed by atoms with Gasteiger partial charge >= 0.3 is 6.09 Å². The fraction of sp³-hybridized carbons (Fsp3) is 0.417. The van der Waals surface area contributed by atoms with Crippen molar-refractivity contribution >= 4 is 27.7 Å². The number of aliphatic hydroxyl groups excluding tert-OH is 1. The summed E-state index contributed by atoms with van der Waals surface area (Å²) < 4.78 is 6.08. The number of benzene rings is 1. The summed E-state index contributed by atoms with van der Waals surface area (Å²) in [5.41, 5.74) is 0.820. The van der Waals surface area contributed by atoms with Crippen LogP contribution in [-0.4, -0.2) is 31.0 Å². The number of rotatable bonds is 3. The summed E-state index contributed by atoms with van der Waals surface area (Å²) in [6.07, 6.45) is 0.335. The van der Waals surface area contributed by atoms with Crippen LogP contribution in [0.3, 0.4) is 0 Å². The topological polar surface area (TPSA) is 49.8 Å². The van der Waals surface area contributed by atoms with Crippen molar-refractivity contribution in [3.8, 4) is 0 Å². The molecule has 0 spiro atoms. The van der Waals surface area contributed by atoms with E-state index >= 15 is 0 Å². The summed E-state index contributed by atoms with van der Waals surface area (Å²) in [6, 6.07) is 7.51. The highest BCUT2D eigenvalue weighted by molar-refractivity contribution is 9.10. The van der Waals surface area contributed by atoms with Gasteiger partial charge in [0, 0.05) is 29.2 Å². The Labute approximate surface area is 108 Å². The zero-order chi connectivity index (χ0) is 12.3. The van der Waals surface area contributed by atoms with Gasteiger partial charge < -0.3 is 9.84 Å². The average molecular weight is 300 g/mol. The largest absolute Gasteiger partial charge is 0.449 e. The zero-order valence-corrected chi connectivity index (χ0v) is 10.9. The molecule has 1 aromatic carbocycles. The molecule has 2 rings (SSSR count). The minimum atomic E-state index is -0.318. The molecule has 92 valence electrons. The van der Waals surface area contributed by atoms with Gasteiger partial charge in [-0.2, -0.15) is 0 Å². The molecule has 0 radical (unpaired) electrons. The number of anilines is 1. The molecule has 1 aliphatic heterocycles. The summed E-state index contributed by atoms with van der Waals surface area (Å²) in [7, 11) is 0. The van der Waals surface area contributed by atoms with E-state index in [2.05, 4.69) is 15.9 Å². The Hall–Kier alpha value is -1.07. The summed E-state index contributed by atoms with van der Waals surface area (Å²) in [5, 5.41) is 8.91. The van der Waals surface area contributed by atoms with Crippen LogP contribution in [0.15, 0.2) is 28.7 Å². The first-order valence-electron chi connectivity index (χ1n) is 5.51. The standard InChI is InChI=1S/C12H14BrNO3/c13-10-1-3-11(4-2-10)14-7-9(5-6-15)8-17-12(14)16/h1-4,9,15H,5-8H2. The predicted molar refractivity (Wildman–Crippen MR) is 68.0 cm³/mol. The van der Waals surface area contributed by atoms with E-state index in [1.165, 1.54) is 0 Å². The van der Waals surface area contributed by atoms with E-state index in [4.69, 9.17) is 9.84 Å². The molecule has 4 nitrogen and oxygen atoms in total. The van der Waals surface area contributed by atoms with Crippen molar-refractivity contribution in [3.63, 3.8) is 0 Å². The highest BCUT2D eigenvalue weighted by atomic mass is 79.9. The Balaban J connectivity index is 2.12. The van der Waals surface area contributed by atoms with Crippen molar-refractivity contribution in [3.05, 3.63) is 28.7 Å². The highest BCUT2D eigenvalue weighted by Gasteiger charge is 2.27. The molecule has 1 saturated heterocycles. The quantitative estimate of drug-likeness (QED) is 0.932.